The van der Waals surface area contributed by atoms with E-state index in [2.05, 4.69) is 5.32 Å². The summed E-state index contributed by atoms with van der Waals surface area (Å²) in [6.07, 6.45) is 2.08. The van der Waals surface area contributed by atoms with Gasteiger partial charge in [-0.2, -0.15) is 0 Å². The predicted octanol–water partition coefficient (Wildman–Crippen LogP) is 5.26. The molecule has 1 heterocycles. The van der Waals surface area contributed by atoms with Gasteiger partial charge in [0, 0.05) is 16.3 Å². The number of carbonyl (C=O) groups is 2. The molecule has 0 spiro atoms. The third kappa shape index (κ3) is 6.35. The smallest absolute Gasteiger partial charge is 0.336 e. The molecule has 1 aliphatic heterocycles. The molecule has 1 aliphatic rings. The van der Waals surface area contributed by atoms with E-state index >= 15 is 0 Å². The van der Waals surface area contributed by atoms with Gasteiger partial charge in [-0.25, -0.2) is 9.59 Å². The lowest BCUT2D eigenvalue weighted by Crippen LogP contribution is -2.33. The molecule has 7 heteroatoms. The number of thioether (sulfide) groups is 1. The monoisotopic (exact) mass is 495 g/mol. The quantitative estimate of drug-likeness (QED) is 0.343. The minimum atomic E-state index is -0.692. The van der Waals surface area contributed by atoms with Gasteiger partial charge in [0.15, 0.2) is 0 Å². The van der Waals surface area contributed by atoms with Crippen LogP contribution < -0.4 is 5.32 Å². The summed E-state index contributed by atoms with van der Waals surface area (Å²) < 4.78 is 10.8. The summed E-state index contributed by atoms with van der Waals surface area (Å²) in [7, 11) is 0. The first-order valence-electron chi connectivity index (χ1n) is 11.8. The van der Waals surface area contributed by atoms with Crippen LogP contribution in [0.4, 0.5) is 0 Å². The minimum Gasteiger partial charge on any atom is -0.463 e. The molecule has 0 radical (unpaired) electrons. The topological polar surface area (TPSA) is 84.9 Å². The molecular weight excluding hydrogens is 462 g/mol. The zero-order chi connectivity index (χ0) is 25.4. The van der Waals surface area contributed by atoms with Gasteiger partial charge >= 0.3 is 11.9 Å². The molecule has 0 fully saturated rings. The summed E-state index contributed by atoms with van der Waals surface area (Å²) in [4.78, 5) is 27.4. The van der Waals surface area contributed by atoms with Crippen molar-refractivity contribution in [2.24, 2.45) is 0 Å². The maximum Gasteiger partial charge on any atom is 0.336 e. The molecule has 0 aromatic heterocycles. The van der Waals surface area contributed by atoms with Crippen LogP contribution in [0.3, 0.4) is 0 Å². The van der Waals surface area contributed by atoms with Crippen molar-refractivity contribution in [3.8, 4) is 0 Å². The summed E-state index contributed by atoms with van der Waals surface area (Å²) >= 11 is 1.59. The van der Waals surface area contributed by atoms with Gasteiger partial charge in [-0.05, 0) is 63.1 Å². The lowest BCUT2D eigenvalue weighted by Gasteiger charge is -2.32. The molecule has 0 aliphatic carbocycles. The largest absolute Gasteiger partial charge is 0.463 e. The first-order chi connectivity index (χ1) is 16.9. The number of aliphatic hydroxyl groups is 1. The van der Waals surface area contributed by atoms with E-state index < -0.39 is 24.0 Å². The Kier molecular flexibility index (Phi) is 9.57. The zero-order valence-corrected chi connectivity index (χ0v) is 21.5. The number of allylic oxidation sites excluding steroid dienone is 2. The van der Waals surface area contributed by atoms with Crippen molar-refractivity contribution >= 4 is 23.7 Å². The third-order valence-corrected chi connectivity index (χ3v) is 6.64. The molecule has 35 heavy (non-hydrogen) atoms. The van der Waals surface area contributed by atoms with E-state index in [0.717, 1.165) is 16.0 Å². The lowest BCUT2D eigenvalue weighted by atomic mass is 9.79. The van der Waals surface area contributed by atoms with Crippen molar-refractivity contribution in [2.75, 3.05) is 19.5 Å². The average Bonchev–Trinajstić information content (AvgIpc) is 2.87. The third-order valence-electron chi connectivity index (χ3n) is 5.91. The number of rotatable bonds is 10. The molecule has 2 aromatic carbocycles. The number of aliphatic hydroxyl groups excluding tert-OH is 1. The highest BCUT2D eigenvalue weighted by Gasteiger charge is 2.39. The highest BCUT2D eigenvalue weighted by atomic mass is 32.2. The van der Waals surface area contributed by atoms with E-state index in [0.29, 0.717) is 35.4 Å². The van der Waals surface area contributed by atoms with Crippen LogP contribution >= 0.6 is 11.8 Å². The van der Waals surface area contributed by atoms with Crippen molar-refractivity contribution in [3.63, 3.8) is 0 Å². The maximum atomic E-state index is 13.3. The second-order valence-corrected chi connectivity index (χ2v) is 9.05. The van der Waals surface area contributed by atoms with Gasteiger partial charge in [-0.15, -0.1) is 11.8 Å². The van der Waals surface area contributed by atoms with Gasteiger partial charge < -0.3 is 19.9 Å². The second kappa shape index (κ2) is 12.6. The van der Waals surface area contributed by atoms with Gasteiger partial charge in [0.25, 0.3) is 0 Å². The lowest BCUT2D eigenvalue weighted by molar-refractivity contribution is -0.139. The van der Waals surface area contributed by atoms with Gasteiger partial charge in [0.2, 0.25) is 0 Å². The Balaban J connectivity index is 2.09. The number of benzene rings is 2. The van der Waals surface area contributed by atoms with Gasteiger partial charge in [-0.3, -0.25) is 0 Å². The van der Waals surface area contributed by atoms with Crippen LogP contribution in [0.5, 0.6) is 0 Å². The highest BCUT2D eigenvalue weighted by Crippen LogP contribution is 2.41. The zero-order valence-electron chi connectivity index (χ0n) is 20.7. The molecule has 0 amide bonds. The Hall–Kier alpha value is -3.03. The molecule has 2 atom stereocenters. The predicted molar refractivity (Wildman–Crippen MR) is 138 cm³/mol. The van der Waals surface area contributed by atoms with Crippen LogP contribution in [0.1, 0.15) is 56.8 Å². The molecule has 3 rings (SSSR count). The fourth-order valence-corrected chi connectivity index (χ4v) is 4.77. The Morgan fingerprint density at radius 2 is 1.66 bits per heavy atom. The van der Waals surface area contributed by atoms with Gasteiger partial charge in [0.1, 0.15) is 0 Å². The number of nitrogens with one attached hydrogen (secondary N) is 1. The number of esters is 2. The summed E-state index contributed by atoms with van der Waals surface area (Å²) in [5.41, 5.74) is 3.65. The molecule has 2 N–H and O–H groups in total. The van der Waals surface area contributed by atoms with Crippen molar-refractivity contribution < 1.29 is 24.2 Å². The van der Waals surface area contributed by atoms with Crippen LogP contribution in [0.15, 0.2) is 82.0 Å². The summed E-state index contributed by atoms with van der Waals surface area (Å²) in [5, 5.41) is 14.0. The van der Waals surface area contributed by atoms with Crippen molar-refractivity contribution in [1.29, 1.82) is 0 Å². The SMILES string of the molecule is CCOC(=O)C1=C(C)NC(CCC(O)c2ccccc2)=C(C(=O)OCC)C1c1cccc(SC)c1. The van der Waals surface area contributed by atoms with E-state index in [-0.39, 0.29) is 13.2 Å². The Morgan fingerprint density at radius 1 is 1.00 bits per heavy atom. The van der Waals surface area contributed by atoms with Crippen molar-refractivity contribution in [3.05, 3.63) is 88.3 Å². The van der Waals surface area contributed by atoms with Crippen LogP contribution in [0.25, 0.3) is 0 Å². The molecular formula is C28H33NO5S. The minimum absolute atomic E-state index is 0.206. The Labute approximate surface area is 211 Å². The standard InChI is InChI=1S/C28H33NO5S/c1-5-33-27(31)24-18(3)29-22(15-16-23(30)19-11-8-7-9-12-19)26(28(32)34-6-2)25(24)20-13-10-14-21(17-20)35-4/h7-14,17,23,25,29-30H,5-6,15-16H2,1-4H3. The number of hydrogen-bond donors (Lipinski definition) is 2. The van der Waals surface area contributed by atoms with Crippen LogP contribution in [0.2, 0.25) is 0 Å². The summed E-state index contributed by atoms with van der Waals surface area (Å²) in [5.74, 6) is -1.61. The fourth-order valence-electron chi connectivity index (χ4n) is 4.30. The van der Waals surface area contributed by atoms with Gasteiger partial charge in [-0.1, -0.05) is 42.5 Å². The van der Waals surface area contributed by atoms with Crippen LogP contribution in [-0.2, 0) is 19.1 Å². The average molecular weight is 496 g/mol. The first kappa shape index (κ1) is 26.6. The van der Waals surface area contributed by atoms with E-state index in [1.54, 1.807) is 25.6 Å². The number of carbonyl (C=O) groups excluding carboxylic acids is 2. The fraction of sp³-hybridized carbons (Fsp3) is 0.357. The molecule has 0 bridgehead atoms. The van der Waals surface area contributed by atoms with Crippen molar-refractivity contribution in [1.82, 2.24) is 5.32 Å². The van der Waals surface area contributed by atoms with Crippen LogP contribution in [0, 0.1) is 0 Å². The van der Waals surface area contributed by atoms with E-state index in [4.69, 9.17) is 9.47 Å². The first-order valence-corrected chi connectivity index (χ1v) is 13.1. The number of dihydropyridines is 1. The normalized spacial score (nSPS) is 16.5. The van der Waals surface area contributed by atoms with E-state index in [1.165, 1.54) is 0 Å². The number of hydrogen-bond acceptors (Lipinski definition) is 7. The molecule has 0 saturated carbocycles. The summed E-state index contributed by atoms with van der Waals surface area (Å²) in [6.45, 7) is 5.75. The molecule has 0 saturated heterocycles. The maximum absolute atomic E-state index is 13.3. The molecule has 2 aromatic rings. The molecule has 186 valence electrons. The second-order valence-electron chi connectivity index (χ2n) is 8.17. The van der Waals surface area contributed by atoms with E-state index in [9.17, 15) is 14.7 Å². The van der Waals surface area contributed by atoms with Crippen molar-refractivity contribution in [2.45, 2.75) is 50.5 Å². The number of ether oxygens (including phenoxy) is 2. The highest BCUT2D eigenvalue weighted by molar-refractivity contribution is 7.98. The Bertz CT molecular complexity index is 1110. The molecule has 2 unspecified atom stereocenters. The van der Waals surface area contributed by atoms with Crippen LogP contribution in [-0.4, -0.2) is 36.5 Å². The summed E-state index contributed by atoms with van der Waals surface area (Å²) in [6, 6.07) is 17.2. The van der Waals surface area contributed by atoms with E-state index in [1.807, 2.05) is 67.8 Å². The van der Waals surface area contributed by atoms with Gasteiger partial charge in [0.05, 0.1) is 36.4 Å². The molecule has 6 nitrogen and oxygen atoms in total. The Morgan fingerprint density at radius 3 is 2.29 bits per heavy atom.